The Kier molecular flexibility index (Phi) is 10.4. The zero-order valence-corrected chi connectivity index (χ0v) is 27.0. The number of pyridine rings is 2. The molecule has 1 aromatic carbocycles. The van der Waals surface area contributed by atoms with Crippen molar-refractivity contribution in [1.29, 1.82) is 0 Å². The molecule has 10 heteroatoms. The fourth-order valence-corrected chi connectivity index (χ4v) is 6.30. The fourth-order valence-electron chi connectivity index (χ4n) is 6.30. The van der Waals surface area contributed by atoms with Crippen molar-refractivity contribution in [2.75, 3.05) is 32.7 Å². The summed E-state index contributed by atoms with van der Waals surface area (Å²) in [7, 11) is 0. The summed E-state index contributed by atoms with van der Waals surface area (Å²) in [4.78, 5) is 33.6. The number of aryl methyl sites for hydroxylation is 1. The van der Waals surface area contributed by atoms with E-state index in [9.17, 15) is 9.59 Å². The van der Waals surface area contributed by atoms with Gasteiger partial charge in [-0.3, -0.25) is 9.78 Å². The number of unbranched alkanes of at least 4 members (excludes halogenated alkanes) is 1. The molecular weight excluding hydrogens is 578 g/mol. The van der Waals surface area contributed by atoms with Crippen molar-refractivity contribution in [2.24, 2.45) is 5.92 Å². The molecule has 8 nitrogen and oxygen atoms in total. The van der Waals surface area contributed by atoms with Crippen LogP contribution in [-0.2, 0) is 11.3 Å². The quantitative estimate of drug-likeness (QED) is 0.255. The van der Waals surface area contributed by atoms with Crippen LogP contribution in [0.5, 0.6) is 5.75 Å². The summed E-state index contributed by atoms with van der Waals surface area (Å²) < 4.78 is 43.8. The van der Waals surface area contributed by atoms with Gasteiger partial charge in [0.25, 0.3) is 5.56 Å². The summed E-state index contributed by atoms with van der Waals surface area (Å²) in [5.74, 6) is -1.28. The van der Waals surface area contributed by atoms with Gasteiger partial charge < -0.3 is 23.8 Å². The standard InChI is InChI=1S/C35H46F2N4O4/c1-5-6-14-41-23-29(27-7-13-38-22-28(27)33(41)42)25-20-30(36)32(31(37)21-25)44-26-11-16-39(17-12-26)15-8-24-9-18-40(19-10-24)34(43)45-35(2,3)4/h7,13,20-24,26H,5-6,8-12,14-19H2,1-4H3. The number of carbonyl (C=O) groups excluding carboxylic acids is 1. The molecule has 5 rings (SSSR count). The first-order valence-corrected chi connectivity index (χ1v) is 16.4. The second-order valence-electron chi connectivity index (χ2n) is 13.4. The van der Waals surface area contributed by atoms with Gasteiger partial charge in [0.15, 0.2) is 17.4 Å². The highest BCUT2D eigenvalue weighted by molar-refractivity contribution is 5.95. The third kappa shape index (κ3) is 8.20. The van der Waals surface area contributed by atoms with Crippen LogP contribution in [0.2, 0.25) is 0 Å². The number of hydrogen-bond acceptors (Lipinski definition) is 6. The number of benzene rings is 1. The van der Waals surface area contributed by atoms with E-state index in [0.717, 1.165) is 64.8 Å². The normalized spacial score (nSPS) is 17.2. The van der Waals surface area contributed by atoms with Crippen molar-refractivity contribution in [1.82, 2.24) is 19.4 Å². The smallest absolute Gasteiger partial charge is 0.410 e. The molecular formula is C35H46F2N4O4. The molecule has 0 N–H and O–H groups in total. The lowest BCUT2D eigenvalue weighted by Gasteiger charge is -2.36. The van der Waals surface area contributed by atoms with Gasteiger partial charge in [0.1, 0.15) is 11.7 Å². The van der Waals surface area contributed by atoms with Crippen LogP contribution >= 0.6 is 0 Å². The van der Waals surface area contributed by atoms with Crippen molar-refractivity contribution in [3.8, 4) is 16.9 Å². The molecule has 0 aliphatic carbocycles. The van der Waals surface area contributed by atoms with E-state index in [-0.39, 0.29) is 23.5 Å². The number of rotatable bonds is 9. The highest BCUT2D eigenvalue weighted by Gasteiger charge is 2.28. The zero-order valence-electron chi connectivity index (χ0n) is 27.0. The van der Waals surface area contributed by atoms with Crippen LogP contribution in [0.3, 0.4) is 0 Å². The SMILES string of the molecule is CCCCn1cc(-c2cc(F)c(OC3CCN(CCC4CCN(C(=O)OC(C)(C)C)CC4)CC3)c(F)c2)c2ccncc2c1=O. The maximum absolute atomic E-state index is 15.4. The number of aromatic nitrogens is 2. The Morgan fingerprint density at radius 3 is 2.33 bits per heavy atom. The van der Waals surface area contributed by atoms with E-state index in [0.29, 0.717) is 47.2 Å². The maximum Gasteiger partial charge on any atom is 0.410 e. The zero-order chi connectivity index (χ0) is 32.1. The second-order valence-corrected chi connectivity index (χ2v) is 13.4. The van der Waals surface area contributed by atoms with Crippen LogP contribution in [0, 0.1) is 17.6 Å². The first-order valence-electron chi connectivity index (χ1n) is 16.4. The number of ether oxygens (including phenoxy) is 2. The minimum atomic E-state index is -0.751. The minimum absolute atomic E-state index is 0.161. The maximum atomic E-state index is 15.4. The van der Waals surface area contributed by atoms with E-state index < -0.39 is 17.2 Å². The Hall–Kier alpha value is -3.53. The van der Waals surface area contributed by atoms with Crippen molar-refractivity contribution < 1.29 is 23.0 Å². The lowest BCUT2D eigenvalue weighted by atomic mass is 9.93. The second kappa shape index (κ2) is 14.3. The average Bonchev–Trinajstić information content (AvgIpc) is 3.01. The van der Waals surface area contributed by atoms with Gasteiger partial charge in [-0.25, -0.2) is 13.6 Å². The van der Waals surface area contributed by atoms with Crippen LogP contribution in [-0.4, -0.2) is 69.9 Å². The monoisotopic (exact) mass is 624 g/mol. The third-order valence-electron chi connectivity index (χ3n) is 8.89. The number of piperidine rings is 2. The Morgan fingerprint density at radius 1 is 1.00 bits per heavy atom. The van der Waals surface area contributed by atoms with Gasteiger partial charge in [-0.1, -0.05) is 13.3 Å². The Labute approximate surface area is 264 Å². The lowest BCUT2D eigenvalue weighted by Crippen LogP contribution is -2.43. The first kappa shape index (κ1) is 32.9. The first-order chi connectivity index (χ1) is 21.5. The van der Waals surface area contributed by atoms with Crippen LogP contribution in [0.4, 0.5) is 13.6 Å². The van der Waals surface area contributed by atoms with Gasteiger partial charge in [0, 0.05) is 56.9 Å². The van der Waals surface area contributed by atoms with Crippen molar-refractivity contribution in [3.05, 3.63) is 58.8 Å². The van der Waals surface area contributed by atoms with E-state index in [1.54, 1.807) is 27.9 Å². The minimum Gasteiger partial charge on any atom is -0.484 e. The summed E-state index contributed by atoms with van der Waals surface area (Å²) in [5.41, 5.74) is 0.287. The van der Waals surface area contributed by atoms with Gasteiger partial charge in [-0.2, -0.15) is 0 Å². The molecule has 2 aliphatic rings. The Balaban J connectivity index is 1.16. The molecule has 3 aromatic rings. The van der Waals surface area contributed by atoms with Crippen LogP contribution < -0.4 is 10.3 Å². The molecule has 0 saturated carbocycles. The number of halogens is 2. The predicted molar refractivity (Wildman–Crippen MR) is 172 cm³/mol. The topological polar surface area (TPSA) is 76.9 Å². The van der Waals surface area contributed by atoms with Crippen LogP contribution in [0.1, 0.15) is 72.6 Å². The van der Waals surface area contributed by atoms with E-state index in [1.165, 1.54) is 18.3 Å². The molecule has 4 heterocycles. The highest BCUT2D eigenvalue weighted by atomic mass is 19.1. The third-order valence-corrected chi connectivity index (χ3v) is 8.89. The van der Waals surface area contributed by atoms with E-state index in [1.807, 2.05) is 27.7 Å². The molecule has 0 unspecified atom stereocenters. The van der Waals surface area contributed by atoms with Gasteiger partial charge >= 0.3 is 6.09 Å². The average molecular weight is 625 g/mol. The predicted octanol–water partition coefficient (Wildman–Crippen LogP) is 7.02. The molecule has 2 aromatic heterocycles. The number of carbonyl (C=O) groups is 1. The van der Waals surface area contributed by atoms with Gasteiger partial charge in [-0.15, -0.1) is 0 Å². The van der Waals surface area contributed by atoms with Crippen molar-refractivity contribution >= 4 is 16.9 Å². The molecule has 0 spiro atoms. The number of nitrogens with zero attached hydrogens (tertiary/aromatic N) is 4. The van der Waals surface area contributed by atoms with Crippen LogP contribution in [0.25, 0.3) is 21.9 Å². The largest absolute Gasteiger partial charge is 0.484 e. The summed E-state index contributed by atoms with van der Waals surface area (Å²) >= 11 is 0. The molecule has 244 valence electrons. The number of amides is 1. The van der Waals surface area contributed by atoms with Gasteiger partial charge in [0.05, 0.1) is 5.39 Å². The van der Waals surface area contributed by atoms with E-state index >= 15 is 8.78 Å². The van der Waals surface area contributed by atoms with Gasteiger partial charge in [0.2, 0.25) is 0 Å². The summed E-state index contributed by atoms with van der Waals surface area (Å²) in [5, 5.41) is 1.03. The van der Waals surface area contributed by atoms with E-state index in [4.69, 9.17) is 9.47 Å². The summed E-state index contributed by atoms with van der Waals surface area (Å²) in [6, 6.07) is 4.30. The molecule has 0 atom stereocenters. The Bertz CT molecular complexity index is 1510. The Morgan fingerprint density at radius 2 is 1.69 bits per heavy atom. The molecule has 2 saturated heterocycles. The van der Waals surface area contributed by atoms with Crippen LogP contribution in [0.15, 0.2) is 41.6 Å². The summed E-state index contributed by atoms with van der Waals surface area (Å²) in [6.45, 7) is 12.2. The lowest BCUT2D eigenvalue weighted by molar-refractivity contribution is 0.0175. The van der Waals surface area contributed by atoms with Gasteiger partial charge in [-0.05, 0) is 101 Å². The number of fused-ring (bicyclic) bond motifs is 1. The number of likely N-dealkylation sites (tertiary alicyclic amines) is 2. The fraction of sp³-hybridized carbons (Fsp3) is 0.571. The molecule has 0 bridgehead atoms. The molecule has 45 heavy (non-hydrogen) atoms. The molecule has 2 aliphatic heterocycles. The molecule has 2 fully saturated rings. The molecule has 1 amide bonds. The van der Waals surface area contributed by atoms with Crippen molar-refractivity contribution in [3.63, 3.8) is 0 Å². The van der Waals surface area contributed by atoms with Crippen molar-refractivity contribution in [2.45, 2.75) is 90.9 Å². The van der Waals surface area contributed by atoms with E-state index in [2.05, 4.69) is 9.88 Å². The molecule has 0 radical (unpaired) electrons. The highest BCUT2D eigenvalue weighted by Crippen LogP contribution is 2.34. The summed E-state index contributed by atoms with van der Waals surface area (Å²) in [6.07, 6.45) is 10.4. The number of hydrogen-bond donors (Lipinski definition) is 0.